The van der Waals surface area contributed by atoms with Gasteiger partial charge < -0.3 is 0 Å². The van der Waals surface area contributed by atoms with Gasteiger partial charge in [-0.25, -0.2) is 8.42 Å². The molecule has 0 N–H and O–H groups in total. The van der Waals surface area contributed by atoms with Crippen LogP contribution in [0.5, 0.6) is 0 Å². The number of rotatable bonds is 14. The molecule has 0 radical (unpaired) electrons. The van der Waals surface area contributed by atoms with Gasteiger partial charge in [0, 0.05) is 0 Å². The summed E-state index contributed by atoms with van der Waals surface area (Å²) in [5.74, 6) is 0.205. The average molecular weight is 351 g/mol. The van der Waals surface area contributed by atoms with Crippen LogP contribution >= 0.6 is 0 Å². The fourth-order valence-electron chi connectivity index (χ4n) is 2.86. The molecule has 0 bridgehead atoms. The summed E-state index contributed by atoms with van der Waals surface area (Å²) < 4.78 is 24.4. The van der Waals surface area contributed by atoms with Gasteiger partial charge in [-0.15, -0.1) is 6.58 Å². The molecule has 0 aromatic heterocycles. The van der Waals surface area contributed by atoms with Crippen molar-refractivity contribution in [2.75, 3.05) is 5.75 Å². The van der Waals surface area contributed by atoms with Crippen molar-refractivity contribution in [2.24, 2.45) is 0 Å². The van der Waals surface area contributed by atoms with Crippen molar-refractivity contribution >= 4 is 9.84 Å². The highest BCUT2D eigenvalue weighted by Gasteiger charge is 2.13. The Morgan fingerprint density at radius 1 is 0.875 bits per heavy atom. The number of aryl methyl sites for hydroxylation is 1. The summed E-state index contributed by atoms with van der Waals surface area (Å²) in [6.07, 6.45) is 14.7. The second-order valence-corrected chi connectivity index (χ2v) is 8.73. The number of sulfone groups is 1. The molecule has 0 aliphatic heterocycles. The van der Waals surface area contributed by atoms with E-state index in [9.17, 15) is 8.42 Å². The van der Waals surface area contributed by atoms with Gasteiger partial charge in [0.15, 0.2) is 9.84 Å². The van der Waals surface area contributed by atoms with E-state index in [1.807, 2.05) is 12.1 Å². The first kappa shape index (κ1) is 21.0. The van der Waals surface area contributed by atoms with E-state index >= 15 is 0 Å². The van der Waals surface area contributed by atoms with E-state index in [-0.39, 0.29) is 5.75 Å². The van der Waals surface area contributed by atoms with Crippen molar-refractivity contribution in [3.63, 3.8) is 0 Å². The summed E-state index contributed by atoms with van der Waals surface area (Å²) in [7, 11) is -3.14. The van der Waals surface area contributed by atoms with Crippen molar-refractivity contribution in [1.29, 1.82) is 0 Å². The molecule has 136 valence electrons. The molecule has 2 nitrogen and oxygen atoms in total. The molecule has 0 saturated heterocycles. The molecule has 0 aliphatic carbocycles. The van der Waals surface area contributed by atoms with E-state index in [4.69, 9.17) is 0 Å². The molecule has 0 amide bonds. The van der Waals surface area contributed by atoms with Crippen molar-refractivity contribution in [3.8, 4) is 0 Å². The van der Waals surface area contributed by atoms with Crippen molar-refractivity contribution in [2.45, 2.75) is 82.4 Å². The molecule has 0 aliphatic rings. The first-order chi connectivity index (χ1) is 11.6. The number of benzene rings is 1. The Labute approximate surface area is 149 Å². The smallest absolute Gasteiger partial charge is 0.178 e. The molecule has 0 saturated carbocycles. The maximum absolute atomic E-state index is 12.2. The van der Waals surface area contributed by atoms with E-state index in [0.29, 0.717) is 11.3 Å². The van der Waals surface area contributed by atoms with Crippen molar-refractivity contribution in [1.82, 2.24) is 0 Å². The Bertz CT molecular complexity index is 544. The number of hydrogen-bond acceptors (Lipinski definition) is 2. The summed E-state index contributed by atoms with van der Waals surface area (Å²) in [5.41, 5.74) is 1.24. The lowest BCUT2D eigenvalue weighted by molar-refractivity contribution is 0.575. The van der Waals surface area contributed by atoms with Gasteiger partial charge in [-0.2, -0.15) is 0 Å². The molecular weight excluding hydrogens is 316 g/mol. The van der Waals surface area contributed by atoms with Crippen LogP contribution in [0.15, 0.2) is 41.8 Å². The molecule has 1 aromatic carbocycles. The molecule has 1 aromatic rings. The van der Waals surface area contributed by atoms with Gasteiger partial charge in [0.1, 0.15) is 0 Å². The summed E-state index contributed by atoms with van der Waals surface area (Å²) in [6.45, 7) is 5.88. The lowest BCUT2D eigenvalue weighted by atomic mass is 10.0. The van der Waals surface area contributed by atoms with Crippen LogP contribution in [0.25, 0.3) is 0 Å². The normalized spacial score (nSPS) is 11.5. The third-order valence-corrected chi connectivity index (χ3v) is 6.24. The predicted octanol–water partition coefficient (Wildman–Crippen LogP) is 6.11. The molecular formula is C21H34O2S. The van der Waals surface area contributed by atoms with Crippen LogP contribution in [0.4, 0.5) is 0 Å². The standard InChI is InChI=1S/C21H34O2S/c1-3-5-7-8-9-10-11-12-14-20-15-17-21(18-16-20)24(22,23)19-13-6-4-2/h4,15-18H,2-3,5-14,19H2,1H3. The molecule has 24 heavy (non-hydrogen) atoms. The van der Waals surface area contributed by atoms with Crippen LogP contribution in [0, 0.1) is 0 Å². The average Bonchev–Trinajstić information content (AvgIpc) is 2.58. The molecule has 0 spiro atoms. The maximum atomic E-state index is 12.2. The zero-order valence-corrected chi connectivity index (χ0v) is 16.1. The minimum Gasteiger partial charge on any atom is -0.224 e. The fourth-order valence-corrected chi connectivity index (χ4v) is 4.20. The van der Waals surface area contributed by atoms with E-state index in [1.165, 1.54) is 56.9 Å². The summed E-state index contributed by atoms with van der Waals surface area (Å²) in [5, 5.41) is 0. The van der Waals surface area contributed by atoms with Crippen molar-refractivity contribution < 1.29 is 8.42 Å². The van der Waals surface area contributed by atoms with Gasteiger partial charge >= 0.3 is 0 Å². The zero-order valence-electron chi connectivity index (χ0n) is 15.3. The van der Waals surface area contributed by atoms with Crippen molar-refractivity contribution in [3.05, 3.63) is 42.5 Å². The molecule has 3 heteroatoms. The lowest BCUT2D eigenvalue weighted by Crippen LogP contribution is -2.06. The van der Waals surface area contributed by atoms with Crippen LogP contribution in [-0.4, -0.2) is 14.2 Å². The van der Waals surface area contributed by atoms with E-state index in [2.05, 4.69) is 13.5 Å². The highest BCUT2D eigenvalue weighted by molar-refractivity contribution is 7.91. The number of hydrogen-bond donors (Lipinski definition) is 0. The van der Waals surface area contributed by atoms with E-state index in [1.54, 1.807) is 18.2 Å². The molecule has 1 rings (SSSR count). The van der Waals surface area contributed by atoms with Gasteiger partial charge in [0.25, 0.3) is 0 Å². The number of allylic oxidation sites excluding steroid dienone is 1. The zero-order chi connectivity index (χ0) is 17.7. The number of unbranched alkanes of at least 4 members (excludes halogenated alkanes) is 8. The topological polar surface area (TPSA) is 34.1 Å². The minimum atomic E-state index is -3.14. The summed E-state index contributed by atoms with van der Waals surface area (Å²) in [4.78, 5) is 0.450. The van der Waals surface area contributed by atoms with Gasteiger partial charge in [-0.1, -0.05) is 70.1 Å². The first-order valence-corrected chi connectivity index (χ1v) is 11.2. The molecule has 0 atom stereocenters. The highest BCUT2D eigenvalue weighted by atomic mass is 32.2. The molecule has 0 fully saturated rings. The SMILES string of the molecule is C=CCCCS(=O)(=O)c1ccc(CCCCCCCCCC)cc1. The van der Waals surface area contributed by atoms with E-state index in [0.717, 1.165) is 12.8 Å². The second kappa shape index (κ2) is 12.3. The highest BCUT2D eigenvalue weighted by Crippen LogP contribution is 2.16. The second-order valence-electron chi connectivity index (χ2n) is 6.62. The minimum absolute atomic E-state index is 0.205. The largest absolute Gasteiger partial charge is 0.224 e. The predicted molar refractivity (Wildman–Crippen MR) is 104 cm³/mol. The van der Waals surface area contributed by atoms with Gasteiger partial charge in [0.2, 0.25) is 0 Å². The third kappa shape index (κ3) is 8.68. The monoisotopic (exact) mass is 350 g/mol. The summed E-state index contributed by atoms with van der Waals surface area (Å²) in [6, 6.07) is 7.48. The van der Waals surface area contributed by atoms with Crippen LogP contribution < -0.4 is 0 Å². The first-order valence-electron chi connectivity index (χ1n) is 9.52. The molecule has 0 heterocycles. The van der Waals surface area contributed by atoms with Crippen LogP contribution in [0.2, 0.25) is 0 Å². The fraction of sp³-hybridized carbons (Fsp3) is 0.619. The Kier molecular flexibility index (Phi) is 10.7. The van der Waals surface area contributed by atoms with Crippen LogP contribution in [-0.2, 0) is 16.3 Å². The van der Waals surface area contributed by atoms with E-state index < -0.39 is 9.84 Å². The maximum Gasteiger partial charge on any atom is 0.178 e. The Hall–Kier alpha value is -1.09. The van der Waals surface area contributed by atoms with Gasteiger partial charge in [-0.3, -0.25) is 0 Å². The Balaban J connectivity index is 2.28. The lowest BCUT2D eigenvalue weighted by Gasteiger charge is -2.06. The van der Waals surface area contributed by atoms with Gasteiger partial charge in [-0.05, 0) is 43.4 Å². The van der Waals surface area contributed by atoms with Crippen LogP contribution in [0.1, 0.15) is 76.7 Å². The van der Waals surface area contributed by atoms with Gasteiger partial charge in [0.05, 0.1) is 10.6 Å². The molecule has 0 unspecified atom stereocenters. The Morgan fingerprint density at radius 2 is 1.46 bits per heavy atom. The quantitative estimate of drug-likeness (QED) is 0.300. The summed E-state index contributed by atoms with van der Waals surface area (Å²) >= 11 is 0. The Morgan fingerprint density at radius 3 is 2.04 bits per heavy atom. The van der Waals surface area contributed by atoms with Crippen LogP contribution in [0.3, 0.4) is 0 Å². The third-order valence-electron chi connectivity index (χ3n) is 4.42.